The Morgan fingerprint density at radius 1 is 0.969 bits per heavy atom. The summed E-state index contributed by atoms with van der Waals surface area (Å²) in [6, 6.07) is 22.3. The van der Waals surface area contributed by atoms with E-state index >= 15 is 0 Å². The number of aromatic nitrogens is 1. The predicted octanol–water partition coefficient (Wildman–Crippen LogP) is 6.90. The highest BCUT2D eigenvalue weighted by Gasteiger charge is 2.33. The van der Waals surface area contributed by atoms with Crippen molar-refractivity contribution in [3.63, 3.8) is 0 Å². The summed E-state index contributed by atoms with van der Waals surface area (Å²) < 4.78 is 5.95. The zero-order valence-corrected chi connectivity index (χ0v) is 19.0. The summed E-state index contributed by atoms with van der Waals surface area (Å²) in [7, 11) is 0. The Balaban J connectivity index is 1.53. The second-order valence-corrected chi connectivity index (χ2v) is 9.95. The number of para-hydroxylation sites is 1. The van der Waals surface area contributed by atoms with E-state index in [1.165, 1.54) is 0 Å². The van der Waals surface area contributed by atoms with Gasteiger partial charge in [0, 0.05) is 11.1 Å². The zero-order chi connectivity index (χ0) is 22.3. The number of nitrogens with zero attached hydrogens (tertiary/aromatic N) is 1. The van der Waals surface area contributed by atoms with Crippen molar-refractivity contribution in [2.75, 3.05) is 0 Å². The lowest BCUT2D eigenvalue weighted by Crippen LogP contribution is -2.29. The SMILES string of the molecule is CC(C)(C)C1CCc2nc3ccccc3c(C(=O)OCc3cccc4ccccc34)c2C1. The molecular formula is C29H29NO2. The molecule has 3 nitrogen and oxygen atoms in total. The molecule has 162 valence electrons. The number of hydrogen-bond acceptors (Lipinski definition) is 3. The number of carbonyl (C=O) groups excluding carboxylic acids is 1. The molecule has 1 atom stereocenters. The first-order chi connectivity index (χ1) is 15.4. The minimum atomic E-state index is -0.248. The topological polar surface area (TPSA) is 39.2 Å². The fraction of sp³-hybridized carbons (Fsp3) is 0.310. The average molecular weight is 424 g/mol. The minimum absolute atomic E-state index is 0.188. The van der Waals surface area contributed by atoms with Gasteiger partial charge in [0.15, 0.2) is 0 Å². The van der Waals surface area contributed by atoms with E-state index in [2.05, 4.69) is 39.0 Å². The quantitative estimate of drug-likeness (QED) is 0.337. The summed E-state index contributed by atoms with van der Waals surface area (Å²) in [5.41, 5.74) is 4.93. The molecule has 1 aliphatic carbocycles. The highest BCUT2D eigenvalue weighted by Crippen LogP contribution is 2.39. The number of fused-ring (bicyclic) bond motifs is 3. The lowest BCUT2D eigenvalue weighted by Gasteiger charge is -2.35. The van der Waals surface area contributed by atoms with Crippen LogP contribution in [-0.4, -0.2) is 11.0 Å². The summed E-state index contributed by atoms with van der Waals surface area (Å²) in [5.74, 6) is 0.268. The van der Waals surface area contributed by atoms with Crippen LogP contribution in [0.2, 0.25) is 0 Å². The van der Waals surface area contributed by atoms with Crippen molar-refractivity contribution < 1.29 is 9.53 Å². The van der Waals surface area contributed by atoms with Crippen LogP contribution in [0, 0.1) is 11.3 Å². The van der Waals surface area contributed by atoms with Gasteiger partial charge >= 0.3 is 5.97 Å². The monoisotopic (exact) mass is 423 g/mol. The maximum atomic E-state index is 13.5. The van der Waals surface area contributed by atoms with Crippen molar-refractivity contribution in [1.82, 2.24) is 4.98 Å². The Morgan fingerprint density at radius 2 is 1.69 bits per heavy atom. The highest BCUT2D eigenvalue weighted by molar-refractivity contribution is 6.05. The molecular weight excluding hydrogens is 394 g/mol. The van der Waals surface area contributed by atoms with E-state index in [1.807, 2.05) is 48.5 Å². The Morgan fingerprint density at radius 3 is 2.50 bits per heavy atom. The van der Waals surface area contributed by atoms with Crippen molar-refractivity contribution in [3.05, 3.63) is 89.1 Å². The van der Waals surface area contributed by atoms with Crippen molar-refractivity contribution in [2.24, 2.45) is 11.3 Å². The van der Waals surface area contributed by atoms with Crippen molar-refractivity contribution in [3.8, 4) is 0 Å². The van der Waals surface area contributed by atoms with E-state index in [-0.39, 0.29) is 18.0 Å². The van der Waals surface area contributed by atoms with Crippen LogP contribution in [0.3, 0.4) is 0 Å². The van der Waals surface area contributed by atoms with Crippen LogP contribution in [-0.2, 0) is 24.2 Å². The molecule has 0 saturated heterocycles. The highest BCUT2D eigenvalue weighted by atomic mass is 16.5. The van der Waals surface area contributed by atoms with Gasteiger partial charge in [-0.25, -0.2) is 4.79 Å². The van der Waals surface area contributed by atoms with E-state index < -0.39 is 0 Å². The summed E-state index contributed by atoms with van der Waals surface area (Å²) in [6.07, 6.45) is 2.88. The molecule has 0 aliphatic heterocycles. The third-order valence-corrected chi connectivity index (χ3v) is 6.93. The lowest BCUT2D eigenvalue weighted by atomic mass is 9.70. The molecule has 0 radical (unpaired) electrons. The van der Waals surface area contributed by atoms with Crippen molar-refractivity contribution >= 4 is 27.6 Å². The molecule has 1 unspecified atom stereocenters. The van der Waals surface area contributed by atoms with Gasteiger partial charge < -0.3 is 4.74 Å². The number of pyridine rings is 1. The molecule has 5 rings (SSSR count). The summed E-state index contributed by atoms with van der Waals surface area (Å²) >= 11 is 0. The number of carbonyl (C=O) groups is 1. The molecule has 0 saturated carbocycles. The maximum Gasteiger partial charge on any atom is 0.339 e. The van der Waals surface area contributed by atoms with Crippen molar-refractivity contribution in [2.45, 2.75) is 46.6 Å². The van der Waals surface area contributed by atoms with E-state index in [4.69, 9.17) is 9.72 Å². The largest absolute Gasteiger partial charge is 0.457 e. The van der Waals surface area contributed by atoms with Gasteiger partial charge in [0.25, 0.3) is 0 Å². The maximum absolute atomic E-state index is 13.5. The second kappa shape index (κ2) is 8.05. The molecule has 1 aliphatic rings. The van der Waals surface area contributed by atoms with Gasteiger partial charge in [-0.2, -0.15) is 0 Å². The summed E-state index contributed by atoms with van der Waals surface area (Å²) in [4.78, 5) is 18.5. The smallest absolute Gasteiger partial charge is 0.339 e. The molecule has 1 aromatic heterocycles. The van der Waals surface area contributed by atoms with Gasteiger partial charge in [0.2, 0.25) is 0 Å². The minimum Gasteiger partial charge on any atom is -0.457 e. The summed E-state index contributed by atoms with van der Waals surface area (Å²) in [5, 5.41) is 3.17. The molecule has 3 aromatic carbocycles. The first-order valence-electron chi connectivity index (χ1n) is 11.5. The Bertz CT molecular complexity index is 1310. The fourth-order valence-electron chi connectivity index (χ4n) is 4.99. The van der Waals surface area contributed by atoms with E-state index in [0.29, 0.717) is 11.5 Å². The molecule has 1 heterocycles. The normalized spacial score (nSPS) is 16.2. The predicted molar refractivity (Wildman–Crippen MR) is 130 cm³/mol. The molecule has 4 aromatic rings. The Labute approximate surface area is 189 Å². The van der Waals surface area contributed by atoms with Gasteiger partial charge in [-0.15, -0.1) is 0 Å². The zero-order valence-electron chi connectivity index (χ0n) is 19.0. The first kappa shape index (κ1) is 20.7. The van der Waals surface area contributed by atoms with Crippen LogP contribution in [0.1, 0.15) is 54.4 Å². The van der Waals surface area contributed by atoms with Crippen LogP contribution >= 0.6 is 0 Å². The van der Waals surface area contributed by atoms with Gasteiger partial charge in [0.1, 0.15) is 6.61 Å². The third kappa shape index (κ3) is 3.77. The molecule has 0 spiro atoms. The number of aryl methyl sites for hydroxylation is 1. The van der Waals surface area contributed by atoms with Gasteiger partial charge in [-0.05, 0) is 58.6 Å². The Kier molecular flexibility index (Phi) is 5.21. The number of hydrogen-bond donors (Lipinski definition) is 0. The van der Waals surface area contributed by atoms with E-state index in [9.17, 15) is 4.79 Å². The average Bonchev–Trinajstić information content (AvgIpc) is 2.80. The fourth-order valence-corrected chi connectivity index (χ4v) is 4.99. The molecule has 0 N–H and O–H groups in total. The number of benzene rings is 3. The molecule has 32 heavy (non-hydrogen) atoms. The third-order valence-electron chi connectivity index (χ3n) is 6.93. The molecule has 3 heteroatoms. The summed E-state index contributed by atoms with van der Waals surface area (Å²) in [6.45, 7) is 7.12. The van der Waals surface area contributed by atoms with Gasteiger partial charge in [0.05, 0.1) is 11.1 Å². The van der Waals surface area contributed by atoms with Crippen LogP contribution < -0.4 is 0 Å². The van der Waals surface area contributed by atoms with Gasteiger partial charge in [-0.3, -0.25) is 4.98 Å². The molecule has 0 amide bonds. The lowest BCUT2D eigenvalue weighted by molar-refractivity contribution is 0.0473. The first-order valence-corrected chi connectivity index (χ1v) is 11.5. The number of rotatable bonds is 3. The van der Waals surface area contributed by atoms with E-state index in [1.54, 1.807) is 0 Å². The Hall–Kier alpha value is -3.20. The second-order valence-electron chi connectivity index (χ2n) is 9.95. The molecule has 0 fully saturated rings. The van der Waals surface area contributed by atoms with Crippen LogP contribution in [0.4, 0.5) is 0 Å². The van der Waals surface area contributed by atoms with Crippen LogP contribution in [0.25, 0.3) is 21.7 Å². The standard InChI is InChI=1S/C29H29NO2/c1-29(2,3)21-15-16-26-24(17-21)27(23-13-6-7-14-25(23)30-26)28(31)32-18-20-11-8-10-19-9-4-5-12-22(19)20/h4-14,21H,15-18H2,1-3H3. The van der Waals surface area contributed by atoms with Crippen LogP contribution in [0.15, 0.2) is 66.7 Å². The molecule has 0 bridgehead atoms. The van der Waals surface area contributed by atoms with Gasteiger partial charge in [-0.1, -0.05) is 81.4 Å². The van der Waals surface area contributed by atoms with Crippen molar-refractivity contribution in [1.29, 1.82) is 0 Å². The number of esters is 1. The van der Waals surface area contributed by atoms with E-state index in [0.717, 1.165) is 57.8 Å². The number of ether oxygens (including phenoxy) is 1. The van der Waals surface area contributed by atoms with Crippen LogP contribution in [0.5, 0.6) is 0 Å².